The van der Waals surface area contributed by atoms with Gasteiger partial charge < -0.3 is 14.5 Å². The number of amides is 1. The van der Waals surface area contributed by atoms with E-state index in [-0.39, 0.29) is 37.0 Å². The van der Waals surface area contributed by atoms with Gasteiger partial charge in [0, 0.05) is 57.4 Å². The maximum absolute atomic E-state index is 14.3. The first-order chi connectivity index (χ1) is 20.9. The van der Waals surface area contributed by atoms with Crippen LogP contribution in [0.15, 0.2) is 53.4 Å². The third-order valence-corrected chi connectivity index (χ3v) is 11.3. The standard InChI is InChI=1S/C31H40F4N4O4S/c1-36-17-19-38(20-18-36)30(24-7-6-8-25(32)21-24)12-15-37(16-13-30)29(40)23-43-22-26-9-4-5-14-39(26)44(41,42)28-11-3-2-10-27(28)31(33,34)35/h2-3,6-8,10-11,21,26H,4-5,9,12-20,22-23H2,1H3. The minimum atomic E-state index is -4.82. The van der Waals surface area contributed by atoms with E-state index in [1.165, 1.54) is 12.1 Å². The second-order valence-corrected chi connectivity index (χ2v) is 13.8. The van der Waals surface area contributed by atoms with Crippen LogP contribution in [0, 0.1) is 5.82 Å². The lowest BCUT2D eigenvalue weighted by molar-refractivity contribution is -0.141. The second-order valence-electron chi connectivity index (χ2n) is 12.0. The summed E-state index contributed by atoms with van der Waals surface area (Å²) in [7, 11) is -2.37. The lowest BCUT2D eigenvalue weighted by atomic mass is 9.78. The number of likely N-dealkylation sites (N-methyl/N-ethyl adjacent to an activating group) is 1. The van der Waals surface area contributed by atoms with Crippen LogP contribution in [0.3, 0.4) is 0 Å². The summed E-state index contributed by atoms with van der Waals surface area (Å²) in [6, 6.07) is 10.2. The number of halogens is 4. The molecule has 3 saturated heterocycles. The van der Waals surface area contributed by atoms with Gasteiger partial charge in [0.2, 0.25) is 15.9 Å². The van der Waals surface area contributed by atoms with Crippen LogP contribution in [0.1, 0.15) is 43.2 Å². The molecule has 13 heteroatoms. The largest absolute Gasteiger partial charge is 0.417 e. The highest BCUT2D eigenvalue weighted by atomic mass is 32.2. The molecule has 0 N–H and O–H groups in total. The number of benzene rings is 2. The quantitative estimate of drug-likeness (QED) is 0.404. The molecule has 3 aliphatic heterocycles. The lowest BCUT2D eigenvalue weighted by Gasteiger charge is -2.51. The van der Waals surface area contributed by atoms with Gasteiger partial charge in [-0.15, -0.1) is 0 Å². The van der Waals surface area contributed by atoms with Crippen LogP contribution in [0.5, 0.6) is 0 Å². The topological polar surface area (TPSA) is 73.4 Å². The minimum absolute atomic E-state index is 0.0804. The van der Waals surface area contributed by atoms with Crippen molar-refractivity contribution in [1.29, 1.82) is 0 Å². The maximum Gasteiger partial charge on any atom is 0.417 e. The van der Waals surface area contributed by atoms with Crippen LogP contribution in [0.2, 0.25) is 0 Å². The summed E-state index contributed by atoms with van der Waals surface area (Å²) >= 11 is 0. The third kappa shape index (κ3) is 6.96. The molecule has 44 heavy (non-hydrogen) atoms. The fourth-order valence-corrected chi connectivity index (χ4v) is 8.70. The van der Waals surface area contributed by atoms with E-state index in [0.717, 1.165) is 54.2 Å². The highest BCUT2D eigenvalue weighted by Gasteiger charge is 2.44. The van der Waals surface area contributed by atoms with Crippen molar-refractivity contribution in [3.63, 3.8) is 0 Å². The van der Waals surface area contributed by atoms with E-state index in [9.17, 15) is 30.8 Å². The number of carbonyl (C=O) groups is 1. The second kappa shape index (κ2) is 13.4. The summed E-state index contributed by atoms with van der Waals surface area (Å²) in [6.07, 6.45) is -1.89. The Morgan fingerprint density at radius 2 is 1.66 bits per heavy atom. The number of sulfonamides is 1. The third-order valence-electron chi connectivity index (χ3n) is 9.30. The molecule has 5 rings (SSSR count). The number of carbonyl (C=O) groups excluding carboxylic acids is 1. The molecule has 0 spiro atoms. The zero-order valence-corrected chi connectivity index (χ0v) is 25.8. The fraction of sp³-hybridized carbons (Fsp3) is 0.581. The highest BCUT2D eigenvalue weighted by Crippen LogP contribution is 2.40. The van der Waals surface area contributed by atoms with Crippen LogP contribution in [-0.4, -0.2) is 105 Å². The summed E-state index contributed by atoms with van der Waals surface area (Å²) in [5.74, 6) is -0.521. The molecule has 8 nitrogen and oxygen atoms in total. The molecule has 3 aliphatic rings. The van der Waals surface area contributed by atoms with Gasteiger partial charge in [0.1, 0.15) is 12.4 Å². The number of hydrogen-bond donors (Lipinski definition) is 0. The van der Waals surface area contributed by atoms with E-state index >= 15 is 0 Å². The van der Waals surface area contributed by atoms with Crippen molar-refractivity contribution in [2.45, 2.75) is 54.8 Å². The van der Waals surface area contributed by atoms with Crippen molar-refractivity contribution in [2.24, 2.45) is 0 Å². The molecule has 0 radical (unpaired) electrons. The molecule has 3 fully saturated rings. The zero-order valence-electron chi connectivity index (χ0n) is 24.9. The summed E-state index contributed by atoms with van der Waals surface area (Å²) in [6.45, 7) is 4.15. The molecule has 1 atom stereocenters. The molecule has 1 unspecified atom stereocenters. The van der Waals surface area contributed by atoms with E-state index in [1.807, 2.05) is 6.07 Å². The molecule has 2 aromatic carbocycles. The van der Waals surface area contributed by atoms with E-state index < -0.39 is 32.7 Å². The summed E-state index contributed by atoms with van der Waals surface area (Å²) in [5.41, 5.74) is -0.669. The van der Waals surface area contributed by atoms with Crippen LogP contribution in [-0.2, 0) is 31.3 Å². The van der Waals surface area contributed by atoms with Crippen molar-refractivity contribution in [3.8, 4) is 0 Å². The molecule has 0 aromatic heterocycles. The van der Waals surface area contributed by atoms with E-state index in [4.69, 9.17) is 4.74 Å². The van der Waals surface area contributed by atoms with Gasteiger partial charge >= 0.3 is 6.18 Å². The average Bonchev–Trinajstić information content (AvgIpc) is 3.01. The van der Waals surface area contributed by atoms with Crippen molar-refractivity contribution in [2.75, 3.05) is 66.1 Å². The number of nitrogens with zero attached hydrogens (tertiary/aromatic N) is 4. The lowest BCUT2D eigenvalue weighted by Crippen LogP contribution is -2.59. The normalized spacial score (nSPS) is 22.7. The van der Waals surface area contributed by atoms with Gasteiger partial charge in [0.05, 0.1) is 17.1 Å². The van der Waals surface area contributed by atoms with Crippen molar-refractivity contribution < 1.29 is 35.5 Å². The monoisotopic (exact) mass is 640 g/mol. The maximum atomic E-state index is 14.3. The van der Waals surface area contributed by atoms with E-state index in [2.05, 4.69) is 16.8 Å². The van der Waals surface area contributed by atoms with Crippen LogP contribution in [0.4, 0.5) is 17.6 Å². The molecule has 1 amide bonds. The fourth-order valence-electron chi connectivity index (χ4n) is 6.81. The molecule has 0 aliphatic carbocycles. The highest BCUT2D eigenvalue weighted by molar-refractivity contribution is 7.89. The average molecular weight is 641 g/mol. The Hall–Kier alpha value is -2.58. The number of alkyl halides is 3. The van der Waals surface area contributed by atoms with Crippen LogP contribution >= 0.6 is 0 Å². The SMILES string of the molecule is CN1CCN(C2(c3cccc(F)c3)CCN(C(=O)COCC3CCCCN3S(=O)(=O)c3ccccc3C(F)(F)F)CC2)CC1. The first kappa shape index (κ1) is 32.8. The Morgan fingerprint density at radius 3 is 2.34 bits per heavy atom. The first-order valence-electron chi connectivity index (χ1n) is 15.1. The van der Waals surface area contributed by atoms with Gasteiger partial charge in [0.25, 0.3) is 0 Å². The van der Waals surface area contributed by atoms with Gasteiger partial charge in [-0.1, -0.05) is 30.7 Å². The number of hydrogen-bond acceptors (Lipinski definition) is 6. The summed E-state index contributed by atoms with van der Waals surface area (Å²) < 4.78 is 88.8. The number of piperidine rings is 2. The predicted octanol–water partition coefficient (Wildman–Crippen LogP) is 4.17. The zero-order chi connectivity index (χ0) is 31.5. The Bertz CT molecular complexity index is 1410. The molecule has 0 bridgehead atoms. The van der Waals surface area contributed by atoms with Gasteiger partial charge in [-0.25, -0.2) is 12.8 Å². The van der Waals surface area contributed by atoms with Crippen molar-refractivity contribution in [3.05, 3.63) is 65.5 Å². The van der Waals surface area contributed by atoms with Gasteiger partial charge in [-0.2, -0.15) is 17.5 Å². The van der Waals surface area contributed by atoms with Crippen LogP contribution in [0.25, 0.3) is 0 Å². The molecule has 3 heterocycles. The van der Waals surface area contributed by atoms with E-state index in [0.29, 0.717) is 45.2 Å². The Balaban J connectivity index is 1.21. The smallest absolute Gasteiger partial charge is 0.370 e. The number of piperazine rings is 1. The number of ether oxygens (including phenoxy) is 1. The van der Waals surface area contributed by atoms with E-state index in [1.54, 1.807) is 17.0 Å². The van der Waals surface area contributed by atoms with Crippen molar-refractivity contribution in [1.82, 2.24) is 19.0 Å². The molecular formula is C31H40F4N4O4S. The molecular weight excluding hydrogens is 600 g/mol. The number of rotatable bonds is 8. The molecule has 242 valence electrons. The number of likely N-dealkylation sites (tertiary alicyclic amines) is 1. The Morgan fingerprint density at radius 1 is 0.955 bits per heavy atom. The molecule has 2 aromatic rings. The van der Waals surface area contributed by atoms with Gasteiger partial charge in [0.15, 0.2) is 0 Å². The summed E-state index contributed by atoms with van der Waals surface area (Å²) in [5, 5.41) is 0. The van der Waals surface area contributed by atoms with Gasteiger partial charge in [-0.3, -0.25) is 9.69 Å². The Labute approximate surface area is 256 Å². The van der Waals surface area contributed by atoms with Gasteiger partial charge in [-0.05, 0) is 62.6 Å². The Kier molecular flexibility index (Phi) is 10.0. The predicted molar refractivity (Wildman–Crippen MR) is 157 cm³/mol. The summed E-state index contributed by atoms with van der Waals surface area (Å²) in [4.78, 5) is 18.8. The van der Waals surface area contributed by atoms with Crippen molar-refractivity contribution >= 4 is 15.9 Å². The molecule has 0 saturated carbocycles. The van der Waals surface area contributed by atoms with Crippen LogP contribution < -0.4 is 0 Å². The minimum Gasteiger partial charge on any atom is -0.370 e. The first-order valence-corrected chi connectivity index (χ1v) is 16.6.